The van der Waals surface area contributed by atoms with Crippen LogP contribution in [0.2, 0.25) is 0 Å². The molecule has 0 spiro atoms. The van der Waals surface area contributed by atoms with Gasteiger partial charge >= 0.3 is 0 Å². The smallest absolute Gasteiger partial charge is 0.0205 e. The van der Waals surface area contributed by atoms with E-state index in [1.165, 1.54) is 11.1 Å². The lowest BCUT2D eigenvalue weighted by atomic mass is 9.81. The summed E-state index contributed by atoms with van der Waals surface area (Å²) >= 11 is 0. The zero-order chi connectivity index (χ0) is 12.2. The lowest BCUT2D eigenvalue weighted by molar-refractivity contribution is 0.238. The van der Waals surface area contributed by atoms with Crippen LogP contribution in [0.3, 0.4) is 0 Å². The van der Waals surface area contributed by atoms with E-state index in [9.17, 15) is 0 Å². The number of hydrogen-bond acceptors (Lipinski definition) is 1. The Balaban J connectivity index is 2.39. The summed E-state index contributed by atoms with van der Waals surface area (Å²) in [7, 11) is 0. The molecule has 0 fully saturated rings. The molecule has 0 aliphatic carbocycles. The van der Waals surface area contributed by atoms with Gasteiger partial charge in [0, 0.05) is 13.1 Å². The highest BCUT2D eigenvalue weighted by Gasteiger charge is 2.21. The topological polar surface area (TPSA) is 12.0 Å². The Bertz CT molecular complexity index is 309. The summed E-state index contributed by atoms with van der Waals surface area (Å²) in [4.78, 5) is 0. The minimum absolute atomic E-state index is 0.366. The summed E-state index contributed by atoms with van der Waals surface area (Å²) < 4.78 is 0. The summed E-state index contributed by atoms with van der Waals surface area (Å²) in [6.45, 7) is 13.4. The molecule has 0 aromatic heterocycles. The molecule has 1 aromatic carbocycles. The molecular weight excluding hydrogens is 194 g/mol. The first-order valence-corrected chi connectivity index (χ1v) is 6.18. The molecular formula is C15H25N. The van der Waals surface area contributed by atoms with Crippen molar-refractivity contribution in [1.29, 1.82) is 0 Å². The van der Waals surface area contributed by atoms with E-state index in [-0.39, 0.29) is 0 Å². The highest BCUT2D eigenvalue weighted by Crippen LogP contribution is 2.24. The van der Waals surface area contributed by atoms with Gasteiger partial charge in [0.05, 0.1) is 0 Å². The first-order chi connectivity index (χ1) is 7.42. The molecule has 1 heteroatoms. The van der Waals surface area contributed by atoms with Crippen LogP contribution in [0.15, 0.2) is 24.3 Å². The normalized spacial score (nSPS) is 12.1. The second-order valence-corrected chi connectivity index (χ2v) is 5.73. The lowest BCUT2D eigenvalue weighted by Crippen LogP contribution is -2.33. The molecule has 0 amide bonds. The molecule has 16 heavy (non-hydrogen) atoms. The van der Waals surface area contributed by atoms with Crippen LogP contribution in [0.25, 0.3) is 0 Å². The molecule has 0 atom stereocenters. The van der Waals surface area contributed by atoms with Gasteiger partial charge in [-0.25, -0.2) is 0 Å². The molecule has 0 saturated heterocycles. The predicted molar refractivity (Wildman–Crippen MR) is 71.5 cm³/mol. The third-order valence-corrected chi connectivity index (χ3v) is 3.59. The van der Waals surface area contributed by atoms with Crippen molar-refractivity contribution in [1.82, 2.24) is 5.32 Å². The molecule has 0 aliphatic rings. The second-order valence-electron chi connectivity index (χ2n) is 5.73. The minimum atomic E-state index is 0.366. The van der Waals surface area contributed by atoms with Crippen molar-refractivity contribution in [3.8, 4) is 0 Å². The SMILES string of the molecule is Cc1ccc(CNCC(C)(C)C(C)C)cc1. The Morgan fingerprint density at radius 1 is 1.12 bits per heavy atom. The van der Waals surface area contributed by atoms with Crippen molar-refractivity contribution >= 4 is 0 Å². The van der Waals surface area contributed by atoms with Gasteiger partial charge in [0.15, 0.2) is 0 Å². The molecule has 0 heterocycles. The monoisotopic (exact) mass is 219 g/mol. The van der Waals surface area contributed by atoms with E-state index in [4.69, 9.17) is 0 Å². The number of aryl methyl sites for hydroxylation is 1. The molecule has 0 aliphatic heterocycles. The quantitative estimate of drug-likeness (QED) is 0.795. The van der Waals surface area contributed by atoms with Gasteiger partial charge in [-0.3, -0.25) is 0 Å². The first kappa shape index (κ1) is 13.2. The van der Waals surface area contributed by atoms with Crippen LogP contribution in [0.5, 0.6) is 0 Å². The molecule has 90 valence electrons. The highest BCUT2D eigenvalue weighted by molar-refractivity contribution is 5.21. The fourth-order valence-corrected chi connectivity index (χ4v) is 1.44. The van der Waals surface area contributed by atoms with Crippen molar-refractivity contribution in [2.24, 2.45) is 11.3 Å². The van der Waals surface area contributed by atoms with Gasteiger partial charge in [-0.05, 0) is 23.8 Å². The fraction of sp³-hybridized carbons (Fsp3) is 0.600. The number of rotatable bonds is 5. The van der Waals surface area contributed by atoms with Crippen molar-refractivity contribution < 1.29 is 0 Å². The molecule has 1 rings (SSSR count). The number of hydrogen-bond donors (Lipinski definition) is 1. The van der Waals surface area contributed by atoms with E-state index in [0.29, 0.717) is 11.3 Å². The average molecular weight is 219 g/mol. The predicted octanol–water partition coefficient (Wildman–Crippen LogP) is 3.77. The van der Waals surface area contributed by atoms with Gasteiger partial charge in [-0.1, -0.05) is 57.5 Å². The Labute approximate surface area is 100 Å². The molecule has 1 nitrogen and oxygen atoms in total. The maximum absolute atomic E-state index is 3.54. The summed E-state index contributed by atoms with van der Waals surface area (Å²) in [6.07, 6.45) is 0. The van der Waals surface area contributed by atoms with Crippen LogP contribution in [0.4, 0.5) is 0 Å². The fourth-order valence-electron chi connectivity index (χ4n) is 1.44. The minimum Gasteiger partial charge on any atom is -0.312 e. The van der Waals surface area contributed by atoms with Crippen molar-refractivity contribution in [2.75, 3.05) is 6.54 Å². The molecule has 0 saturated carbocycles. The van der Waals surface area contributed by atoms with Crippen LogP contribution in [0.1, 0.15) is 38.8 Å². The van der Waals surface area contributed by atoms with E-state index in [1.54, 1.807) is 0 Å². The van der Waals surface area contributed by atoms with Crippen LogP contribution >= 0.6 is 0 Å². The van der Waals surface area contributed by atoms with Gasteiger partial charge in [-0.2, -0.15) is 0 Å². The van der Waals surface area contributed by atoms with Gasteiger partial charge in [0.1, 0.15) is 0 Å². The Kier molecular flexibility index (Phi) is 4.55. The average Bonchev–Trinajstić information content (AvgIpc) is 2.20. The number of nitrogens with one attached hydrogen (secondary N) is 1. The second kappa shape index (κ2) is 5.49. The van der Waals surface area contributed by atoms with Crippen LogP contribution in [-0.4, -0.2) is 6.54 Å². The standard InChI is InChI=1S/C15H25N/c1-12(2)15(4,5)11-16-10-14-8-6-13(3)7-9-14/h6-9,12,16H,10-11H2,1-5H3. The first-order valence-electron chi connectivity index (χ1n) is 6.18. The molecule has 1 N–H and O–H groups in total. The molecule has 0 radical (unpaired) electrons. The van der Waals surface area contributed by atoms with Crippen LogP contribution in [-0.2, 0) is 6.54 Å². The summed E-state index contributed by atoms with van der Waals surface area (Å²) in [6, 6.07) is 8.74. The third-order valence-electron chi connectivity index (χ3n) is 3.59. The van der Waals surface area contributed by atoms with Gasteiger partial charge in [-0.15, -0.1) is 0 Å². The van der Waals surface area contributed by atoms with Crippen LogP contribution < -0.4 is 5.32 Å². The summed E-state index contributed by atoms with van der Waals surface area (Å²) in [5, 5.41) is 3.54. The molecule has 1 aromatic rings. The van der Waals surface area contributed by atoms with Gasteiger partial charge in [0.2, 0.25) is 0 Å². The van der Waals surface area contributed by atoms with Crippen molar-refractivity contribution in [2.45, 2.75) is 41.2 Å². The number of benzene rings is 1. The third kappa shape index (κ3) is 3.97. The van der Waals surface area contributed by atoms with Gasteiger partial charge < -0.3 is 5.32 Å². The zero-order valence-corrected chi connectivity index (χ0v) is 11.3. The summed E-state index contributed by atoms with van der Waals surface area (Å²) in [5.41, 5.74) is 3.06. The van der Waals surface area contributed by atoms with E-state index >= 15 is 0 Å². The van der Waals surface area contributed by atoms with Gasteiger partial charge in [0.25, 0.3) is 0 Å². The van der Waals surface area contributed by atoms with E-state index in [0.717, 1.165) is 13.1 Å². The van der Waals surface area contributed by atoms with Crippen molar-refractivity contribution in [3.05, 3.63) is 35.4 Å². The summed E-state index contributed by atoms with van der Waals surface area (Å²) in [5.74, 6) is 0.706. The Morgan fingerprint density at radius 3 is 2.19 bits per heavy atom. The van der Waals surface area contributed by atoms with Crippen molar-refractivity contribution in [3.63, 3.8) is 0 Å². The largest absolute Gasteiger partial charge is 0.312 e. The van der Waals surface area contributed by atoms with E-state index in [2.05, 4.69) is 64.2 Å². The Morgan fingerprint density at radius 2 is 1.69 bits per heavy atom. The maximum Gasteiger partial charge on any atom is 0.0205 e. The molecule has 0 unspecified atom stereocenters. The zero-order valence-electron chi connectivity index (χ0n) is 11.3. The van der Waals surface area contributed by atoms with E-state index < -0.39 is 0 Å². The van der Waals surface area contributed by atoms with Crippen LogP contribution in [0, 0.1) is 18.3 Å². The maximum atomic E-state index is 3.54. The highest BCUT2D eigenvalue weighted by atomic mass is 14.9. The Hall–Kier alpha value is -0.820. The van der Waals surface area contributed by atoms with E-state index in [1.807, 2.05) is 0 Å². The lowest BCUT2D eigenvalue weighted by Gasteiger charge is -2.29. The molecule has 0 bridgehead atoms.